The number of benzene rings is 3. The predicted molar refractivity (Wildman–Crippen MR) is 149 cm³/mol. The Labute approximate surface area is 233 Å². The first-order chi connectivity index (χ1) is 19.4. The zero-order chi connectivity index (χ0) is 28.3. The first kappa shape index (κ1) is 27.2. The van der Waals surface area contributed by atoms with E-state index in [1.54, 1.807) is 6.07 Å². The van der Waals surface area contributed by atoms with Crippen molar-refractivity contribution in [1.29, 1.82) is 0 Å². The van der Waals surface area contributed by atoms with Crippen molar-refractivity contribution in [2.24, 2.45) is 0 Å². The van der Waals surface area contributed by atoms with Gasteiger partial charge in [0, 0.05) is 19.1 Å². The molecular formula is C32H34N2O6. The Bertz CT molecular complexity index is 1400. The Kier molecular flexibility index (Phi) is 7.78. The summed E-state index contributed by atoms with van der Waals surface area (Å²) in [6.07, 6.45) is 2.22. The second-order valence-electron chi connectivity index (χ2n) is 10.4. The van der Waals surface area contributed by atoms with Crippen LogP contribution in [0.15, 0.2) is 72.8 Å². The highest BCUT2D eigenvalue weighted by molar-refractivity contribution is 5.97. The lowest BCUT2D eigenvalue weighted by atomic mass is 9.63. The van der Waals surface area contributed by atoms with E-state index in [4.69, 9.17) is 9.47 Å². The molecule has 0 spiro atoms. The lowest BCUT2D eigenvalue weighted by molar-refractivity contribution is -0.147. The van der Waals surface area contributed by atoms with Crippen LogP contribution in [0.5, 0.6) is 11.5 Å². The molecule has 8 heteroatoms. The van der Waals surface area contributed by atoms with E-state index in [-0.39, 0.29) is 41.1 Å². The summed E-state index contributed by atoms with van der Waals surface area (Å²) >= 11 is 0. The fourth-order valence-electron chi connectivity index (χ4n) is 6.22. The van der Waals surface area contributed by atoms with Gasteiger partial charge in [-0.3, -0.25) is 14.4 Å². The average Bonchev–Trinajstić information content (AvgIpc) is 3.00. The first-order valence-corrected chi connectivity index (χ1v) is 13.6. The van der Waals surface area contributed by atoms with E-state index < -0.39 is 5.41 Å². The van der Waals surface area contributed by atoms with Gasteiger partial charge < -0.3 is 24.8 Å². The molecule has 2 aliphatic rings. The van der Waals surface area contributed by atoms with Crippen molar-refractivity contribution < 1.29 is 29.0 Å². The van der Waals surface area contributed by atoms with Gasteiger partial charge in [-0.1, -0.05) is 54.6 Å². The van der Waals surface area contributed by atoms with Crippen LogP contribution in [0.1, 0.15) is 58.6 Å². The molecule has 1 aliphatic carbocycles. The number of nitrogens with zero attached hydrogens (tertiary/aromatic N) is 1. The molecule has 3 aromatic rings. The summed E-state index contributed by atoms with van der Waals surface area (Å²) < 4.78 is 10.6. The van der Waals surface area contributed by atoms with Crippen molar-refractivity contribution in [3.8, 4) is 11.5 Å². The lowest BCUT2D eigenvalue weighted by Gasteiger charge is -2.42. The van der Waals surface area contributed by atoms with E-state index >= 15 is 0 Å². The fraction of sp³-hybridized carbons (Fsp3) is 0.344. The highest BCUT2D eigenvalue weighted by Crippen LogP contribution is 2.48. The molecule has 2 atom stereocenters. The number of rotatable bonds is 6. The van der Waals surface area contributed by atoms with Crippen molar-refractivity contribution in [3.63, 3.8) is 0 Å². The molecule has 5 rings (SSSR count). The number of esters is 1. The molecule has 8 nitrogen and oxygen atoms in total. The SMILES string of the molecule is COC(=O)[C@]1(c2ccccc2)CC[C@@H](C(=O)N2CCC(NC(=O)c3cc(O)ccc3OC)CC2)c2ccccc21. The number of carbonyl (C=O) groups excluding carboxylic acids is 3. The smallest absolute Gasteiger partial charge is 0.320 e. The van der Waals surface area contributed by atoms with E-state index in [0.717, 1.165) is 16.7 Å². The number of piperidine rings is 1. The van der Waals surface area contributed by atoms with Crippen LogP contribution in [0, 0.1) is 0 Å². The summed E-state index contributed by atoms with van der Waals surface area (Å²) in [5.74, 6) is -0.588. The molecule has 0 radical (unpaired) electrons. The van der Waals surface area contributed by atoms with Crippen LogP contribution in [0.4, 0.5) is 0 Å². The third kappa shape index (κ3) is 4.90. The molecule has 1 saturated heterocycles. The Balaban J connectivity index is 1.31. The van der Waals surface area contributed by atoms with Gasteiger partial charge in [0.1, 0.15) is 16.9 Å². The van der Waals surface area contributed by atoms with Gasteiger partial charge in [-0.05, 0) is 60.6 Å². The fourth-order valence-corrected chi connectivity index (χ4v) is 6.22. The third-order valence-electron chi connectivity index (χ3n) is 8.27. The molecule has 0 unspecified atom stereocenters. The van der Waals surface area contributed by atoms with E-state index in [1.165, 1.54) is 26.4 Å². The van der Waals surface area contributed by atoms with E-state index in [9.17, 15) is 19.5 Å². The summed E-state index contributed by atoms with van der Waals surface area (Å²) in [6, 6.07) is 21.7. The summed E-state index contributed by atoms with van der Waals surface area (Å²) in [6.45, 7) is 1.03. The maximum absolute atomic E-state index is 13.9. The highest BCUT2D eigenvalue weighted by atomic mass is 16.5. The number of nitrogens with one attached hydrogen (secondary N) is 1. The summed E-state index contributed by atoms with van der Waals surface area (Å²) in [7, 11) is 2.89. The van der Waals surface area contributed by atoms with E-state index in [0.29, 0.717) is 44.5 Å². The van der Waals surface area contributed by atoms with Crippen molar-refractivity contribution in [2.75, 3.05) is 27.3 Å². The van der Waals surface area contributed by atoms with Crippen LogP contribution in [0.2, 0.25) is 0 Å². The molecule has 1 fully saturated rings. The van der Waals surface area contributed by atoms with Gasteiger partial charge in [0.05, 0.1) is 25.7 Å². The number of aromatic hydroxyl groups is 1. The molecule has 0 aromatic heterocycles. The standard InChI is InChI=1S/C32H34N2O6/c1-39-28-13-12-23(35)20-26(28)29(36)33-22-15-18-34(19-16-22)30(37)25-14-17-32(31(38)40-2,21-8-4-3-5-9-21)27-11-7-6-10-24(25)27/h3-13,20,22,25,35H,14-19H2,1-2H3,(H,33,36)/t25-,32+/m1/s1. The van der Waals surface area contributed by atoms with Crippen LogP contribution in [-0.4, -0.2) is 61.1 Å². The summed E-state index contributed by atoms with van der Waals surface area (Å²) in [5, 5.41) is 12.8. The summed E-state index contributed by atoms with van der Waals surface area (Å²) in [4.78, 5) is 41.9. The molecule has 2 N–H and O–H groups in total. The number of fused-ring (bicyclic) bond motifs is 1. The largest absolute Gasteiger partial charge is 0.508 e. The number of carbonyl (C=O) groups is 3. The quantitative estimate of drug-likeness (QED) is 0.454. The number of likely N-dealkylation sites (tertiary alicyclic amines) is 1. The third-order valence-corrected chi connectivity index (χ3v) is 8.27. The number of hydrogen-bond acceptors (Lipinski definition) is 6. The molecule has 1 heterocycles. The number of methoxy groups -OCH3 is 2. The number of phenolic OH excluding ortho intramolecular Hbond substituents is 1. The predicted octanol–water partition coefficient (Wildman–Crippen LogP) is 4.16. The van der Waals surface area contributed by atoms with Crippen LogP contribution >= 0.6 is 0 Å². The normalized spacial score (nSPS) is 20.8. The topological polar surface area (TPSA) is 105 Å². The molecule has 0 bridgehead atoms. The average molecular weight is 543 g/mol. The number of amides is 2. The number of phenols is 1. The van der Waals surface area contributed by atoms with Gasteiger partial charge in [0.15, 0.2) is 0 Å². The monoisotopic (exact) mass is 542 g/mol. The maximum Gasteiger partial charge on any atom is 0.320 e. The maximum atomic E-state index is 13.9. The van der Waals surface area contributed by atoms with E-state index in [2.05, 4.69) is 5.32 Å². The number of hydrogen-bond donors (Lipinski definition) is 2. The molecule has 1 aliphatic heterocycles. The van der Waals surface area contributed by atoms with Crippen LogP contribution < -0.4 is 10.1 Å². The zero-order valence-corrected chi connectivity index (χ0v) is 22.8. The van der Waals surface area contributed by atoms with E-state index in [1.807, 2.05) is 59.5 Å². The second-order valence-corrected chi connectivity index (χ2v) is 10.4. The van der Waals surface area contributed by atoms with Gasteiger partial charge in [0.25, 0.3) is 5.91 Å². The highest BCUT2D eigenvalue weighted by Gasteiger charge is 2.49. The minimum absolute atomic E-state index is 0.0115. The Hall–Kier alpha value is -4.33. The van der Waals surface area contributed by atoms with Crippen molar-refractivity contribution in [2.45, 2.75) is 43.1 Å². The molecule has 208 valence electrons. The Morgan fingerprint density at radius 2 is 1.62 bits per heavy atom. The van der Waals surface area contributed by atoms with Gasteiger partial charge in [0.2, 0.25) is 5.91 Å². The van der Waals surface area contributed by atoms with Crippen LogP contribution in [-0.2, 0) is 19.7 Å². The van der Waals surface area contributed by atoms with Crippen LogP contribution in [0.25, 0.3) is 0 Å². The molecule has 3 aromatic carbocycles. The van der Waals surface area contributed by atoms with Crippen molar-refractivity contribution >= 4 is 17.8 Å². The van der Waals surface area contributed by atoms with Crippen molar-refractivity contribution in [3.05, 3.63) is 95.1 Å². The molecule has 40 heavy (non-hydrogen) atoms. The second kappa shape index (κ2) is 11.4. The number of ether oxygens (including phenoxy) is 2. The lowest BCUT2D eigenvalue weighted by Crippen LogP contribution is -2.49. The first-order valence-electron chi connectivity index (χ1n) is 13.6. The van der Waals surface area contributed by atoms with Gasteiger partial charge in [-0.2, -0.15) is 0 Å². The van der Waals surface area contributed by atoms with Gasteiger partial charge in [-0.25, -0.2) is 0 Å². The van der Waals surface area contributed by atoms with Gasteiger partial charge >= 0.3 is 5.97 Å². The zero-order valence-electron chi connectivity index (χ0n) is 22.8. The molecular weight excluding hydrogens is 508 g/mol. The van der Waals surface area contributed by atoms with Crippen LogP contribution in [0.3, 0.4) is 0 Å². The molecule has 2 amide bonds. The Morgan fingerprint density at radius 1 is 0.925 bits per heavy atom. The minimum Gasteiger partial charge on any atom is -0.508 e. The van der Waals surface area contributed by atoms with Crippen molar-refractivity contribution in [1.82, 2.24) is 10.2 Å². The minimum atomic E-state index is -0.965. The van der Waals surface area contributed by atoms with Gasteiger partial charge in [-0.15, -0.1) is 0 Å². The molecule has 0 saturated carbocycles. The Morgan fingerprint density at radius 3 is 2.33 bits per heavy atom. The summed E-state index contributed by atoms with van der Waals surface area (Å²) in [5.41, 5.74) is 1.85.